The molecule has 0 radical (unpaired) electrons. The van der Waals surface area contributed by atoms with E-state index in [0.717, 1.165) is 0 Å². The van der Waals surface area contributed by atoms with E-state index >= 15 is 0 Å². The van der Waals surface area contributed by atoms with Crippen LogP contribution in [0.4, 0.5) is 0 Å². The van der Waals surface area contributed by atoms with Gasteiger partial charge in [0.25, 0.3) is 0 Å². The number of hydrogen-bond acceptors (Lipinski definition) is 4. The zero-order valence-corrected chi connectivity index (χ0v) is 11.4. The van der Waals surface area contributed by atoms with Crippen LogP contribution in [-0.2, 0) is 19.1 Å². The molecule has 0 aromatic heterocycles. The molecule has 0 heterocycles. The molecule has 0 amide bonds. The monoisotopic (exact) mass is 290 g/mol. The summed E-state index contributed by atoms with van der Waals surface area (Å²) < 4.78 is 7.24. The minimum Gasteiger partial charge on any atom is -0.468 e. The van der Waals surface area contributed by atoms with Crippen molar-refractivity contribution in [3.05, 3.63) is 0 Å². The van der Waals surface area contributed by atoms with Crippen molar-refractivity contribution in [2.75, 3.05) is 13.7 Å². The second-order valence-electron chi connectivity index (χ2n) is 3.29. The summed E-state index contributed by atoms with van der Waals surface area (Å²) in [5.74, 6) is -1.56. The fourth-order valence-electron chi connectivity index (χ4n) is 1.01. The van der Waals surface area contributed by atoms with Gasteiger partial charge in [-0.05, 0) is 13.8 Å². The molecular weight excluding hydrogens is 278 g/mol. The van der Waals surface area contributed by atoms with Crippen LogP contribution < -0.4 is 0 Å². The Labute approximate surface area is 109 Å². The molecule has 0 fully saturated rings. The lowest BCUT2D eigenvalue weighted by atomic mass is 10.0. The van der Waals surface area contributed by atoms with Gasteiger partial charge in [-0.25, -0.2) is 4.79 Å². The molecule has 7 heteroatoms. The minimum absolute atomic E-state index is 0.136. The van der Waals surface area contributed by atoms with Crippen LogP contribution in [0, 0.1) is 0 Å². The molecule has 1 atom stereocenters. The number of esters is 2. The maximum absolute atomic E-state index is 11.4. The molecule has 4 nitrogen and oxygen atoms in total. The van der Waals surface area contributed by atoms with Crippen LogP contribution in [0.3, 0.4) is 0 Å². The Hall–Kier alpha value is -0.190. The van der Waals surface area contributed by atoms with Gasteiger partial charge in [0, 0.05) is 6.42 Å². The molecule has 1 unspecified atom stereocenters. The van der Waals surface area contributed by atoms with Gasteiger partial charge in [0.1, 0.15) is 4.87 Å². The van der Waals surface area contributed by atoms with Gasteiger partial charge < -0.3 is 9.47 Å². The van der Waals surface area contributed by atoms with Crippen molar-refractivity contribution in [1.82, 2.24) is 0 Å². The topological polar surface area (TPSA) is 52.6 Å². The van der Waals surface area contributed by atoms with Crippen molar-refractivity contribution >= 4 is 46.7 Å². The van der Waals surface area contributed by atoms with E-state index in [4.69, 9.17) is 34.8 Å². The number of carbonyl (C=O) groups is 2. The van der Waals surface area contributed by atoms with E-state index in [1.807, 2.05) is 0 Å². The highest BCUT2D eigenvalue weighted by Crippen LogP contribution is 2.36. The van der Waals surface area contributed by atoms with E-state index in [1.165, 1.54) is 14.0 Å². The van der Waals surface area contributed by atoms with Gasteiger partial charge in [0.05, 0.1) is 13.7 Å². The average molecular weight is 292 g/mol. The first kappa shape index (κ1) is 15.8. The summed E-state index contributed by atoms with van der Waals surface area (Å²) in [6.45, 7) is 3.11. The Balaban J connectivity index is 4.69. The van der Waals surface area contributed by atoms with Crippen LogP contribution >= 0.6 is 34.8 Å². The third-order valence-electron chi connectivity index (χ3n) is 1.74. The standard InChI is InChI=1S/C9H13Cl3O4/c1-4-16-7(14)9(11,12)5-8(2,10)6(13)15-3/h4-5H2,1-3H3. The Morgan fingerprint density at radius 2 is 1.69 bits per heavy atom. The summed E-state index contributed by atoms with van der Waals surface area (Å²) in [6, 6.07) is 0. The first-order valence-corrected chi connectivity index (χ1v) is 5.63. The van der Waals surface area contributed by atoms with Crippen molar-refractivity contribution in [3.8, 4) is 0 Å². The lowest BCUT2D eigenvalue weighted by Gasteiger charge is -2.25. The molecule has 0 aliphatic rings. The van der Waals surface area contributed by atoms with Gasteiger partial charge in [-0.2, -0.15) is 0 Å². The maximum atomic E-state index is 11.4. The molecule has 0 saturated heterocycles. The number of ether oxygens (including phenoxy) is 2. The largest absolute Gasteiger partial charge is 0.468 e. The fourth-order valence-corrected chi connectivity index (χ4v) is 2.07. The van der Waals surface area contributed by atoms with Crippen molar-refractivity contribution in [2.45, 2.75) is 29.5 Å². The van der Waals surface area contributed by atoms with Crippen LogP contribution in [0.2, 0.25) is 0 Å². The maximum Gasteiger partial charge on any atom is 0.342 e. The predicted molar refractivity (Wildman–Crippen MR) is 62.0 cm³/mol. The highest BCUT2D eigenvalue weighted by atomic mass is 35.5. The Morgan fingerprint density at radius 1 is 1.19 bits per heavy atom. The predicted octanol–water partition coefficient (Wildman–Crippen LogP) is 2.28. The molecule has 0 rings (SSSR count). The SMILES string of the molecule is CCOC(=O)C(Cl)(Cl)CC(C)(Cl)C(=O)OC. The second kappa shape index (κ2) is 5.94. The van der Waals surface area contributed by atoms with Gasteiger partial charge in [-0.1, -0.05) is 23.2 Å². The number of carbonyl (C=O) groups excluding carboxylic acids is 2. The molecule has 0 aliphatic heterocycles. The number of halogens is 3. The Bertz CT molecular complexity index is 276. The van der Waals surface area contributed by atoms with E-state index in [0.29, 0.717) is 0 Å². The van der Waals surface area contributed by atoms with Crippen molar-refractivity contribution in [3.63, 3.8) is 0 Å². The summed E-state index contributed by atoms with van der Waals surface area (Å²) in [5.41, 5.74) is 0. The van der Waals surface area contributed by atoms with Gasteiger partial charge in [0.15, 0.2) is 0 Å². The third-order valence-corrected chi connectivity index (χ3v) is 2.60. The summed E-state index contributed by atoms with van der Waals surface area (Å²) >= 11 is 17.4. The number of alkyl halides is 3. The Morgan fingerprint density at radius 3 is 2.06 bits per heavy atom. The van der Waals surface area contributed by atoms with Crippen LogP contribution in [0.1, 0.15) is 20.3 Å². The van der Waals surface area contributed by atoms with Crippen molar-refractivity contribution in [2.24, 2.45) is 0 Å². The molecule has 0 spiro atoms. The zero-order valence-electron chi connectivity index (χ0n) is 9.18. The normalized spacial score (nSPS) is 15.1. The van der Waals surface area contributed by atoms with Crippen LogP contribution in [0.15, 0.2) is 0 Å². The van der Waals surface area contributed by atoms with E-state index in [2.05, 4.69) is 9.47 Å². The van der Waals surface area contributed by atoms with Crippen LogP contribution in [-0.4, -0.2) is 34.9 Å². The summed E-state index contributed by atoms with van der Waals surface area (Å²) in [5, 5.41) is 0. The van der Waals surface area contributed by atoms with E-state index in [1.54, 1.807) is 6.92 Å². The first-order valence-electron chi connectivity index (χ1n) is 4.49. The highest BCUT2D eigenvalue weighted by Gasteiger charge is 2.46. The molecular formula is C9H13Cl3O4. The fraction of sp³-hybridized carbons (Fsp3) is 0.778. The first-order chi connectivity index (χ1) is 7.17. The van der Waals surface area contributed by atoms with E-state index < -0.39 is 21.1 Å². The smallest absolute Gasteiger partial charge is 0.342 e. The lowest BCUT2D eigenvalue weighted by Crippen LogP contribution is -2.40. The molecule has 0 saturated carbocycles. The zero-order chi connectivity index (χ0) is 13.0. The molecule has 0 aliphatic carbocycles. The van der Waals surface area contributed by atoms with Gasteiger partial charge in [0.2, 0.25) is 4.33 Å². The van der Waals surface area contributed by atoms with E-state index in [9.17, 15) is 9.59 Å². The summed E-state index contributed by atoms with van der Waals surface area (Å²) in [4.78, 5) is 21.1. The lowest BCUT2D eigenvalue weighted by molar-refractivity contribution is -0.146. The minimum atomic E-state index is -1.87. The number of methoxy groups -OCH3 is 1. The van der Waals surface area contributed by atoms with Crippen LogP contribution in [0.25, 0.3) is 0 Å². The quantitative estimate of drug-likeness (QED) is 0.576. The van der Waals surface area contributed by atoms with E-state index in [-0.39, 0.29) is 13.0 Å². The molecule has 0 N–H and O–H groups in total. The average Bonchev–Trinajstić information content (AvgIpc) is 2.15. The van der Waals surface area contributed by atoms with Crippen LogP contribution in [0.5, 0.6) is 0 Å². The second-order valence-corrected chi connectivity index (χ2v) is 5.61. The molecule has 16 heavy (non-hydrogen) atoms. The number of hydrogen-bond donors (Lipinski definition) is 0. The van der Waals surface area contributed by atoms with Crippen molar-refractivity contribution in [1.29, 1.82) is 0 Å². The number of rotatable bonds is 5. The molecule has 0 aromatic rings. The van der Waals surface area contributed by atoms with Crippen molar-refractivity contribution < 1.29 is 19.1 Å². The Kier molecular flexibility index (Phi) is 5.87. The molecule has 0 bridgehead atoms. The third kappa shape index (κ3) is 4.36. The molecule has 94 valence electrons. The molecule has 0 aromatic carbocycles. The van der Waals surface area contributed by atoms with Gasteiger partial charge in [-0.15, -0.1) is 11.6 Å². The summed E-state index contributed by atoms with van der Waals surface area (Å²) in [7, 11) is 1.18. The summed E-state index contributed by atoms with van der Waals surface area (Å²) in [6.07, 6.45) is -0.309. The highest BCUT2D eigenvalue weighted by molar-refractivity contribution is 6.58. The van der Waals surface area contributed by atoms with Gasteiger partial charge >= 0.3 is 11.9 Å². The van der Waals surface area contributed by atoms with Gasteiger partial charge in [-0.3, -0.25) is 4.79 Å².